The van der Waals surface area contributed by atoms with Gasteiger partial charge in [-0.2, -0.15) is 4.31 Å². The van der Waals surface area contributed by atoms with Gasteiger partial charge in [0.1, 0.15) is 10.7 Å². The number of hydrogen-bond donors (Lipinski definition) is 1. The predicted octanol–water partition coefficient (Wildman–Crippen LogP) is 0.716. The van der Waals surface area contributed by atoms with Gasteiger partial charge in [0, 0.05) is 25.2 Å². The van der Waals surface area contributed by atoms with Crippen molar-refractivity contribution < 1.29 is 17.7 Å². The van der Waals surface area contributed by atoms with Crippen LogP contribution in [0.1, 0.15) is 6.42 Å². The van der Waals surface area contributed by atoms with E-state index in [9.17, 15) is 22.9 Å². The van der Waals surface area contributed by atoms with E-state index in [1.165, 1.54) is 4.31 Å². The van der Waals surface area contributed by atoms with E-state index in [0.29, 0.717) is 19.2 Å². The fourth-order valence-corrected chi connectivity index (χ4v) is 4.79. The minimum absolute atomic E-state index is 0.162. The number of rotatable bonds is 3. The van der Waals surface area contributed by atoms with Gasteiger partial charge in [0.15, 0.2) is 0 Å². The summed E-state index contributed by atoms with van der Waals surface area (Å²) in [5.74, 6) is -0.834. The highest BCUT2D eigenvalue weighted by Gasteiger charge is 2.44. The van der Waals surface area contributed by atoms with Crippen LogP contribution in [0.15, 0.2) is 23.1 Å². The molecule has 0 spiro atoms. The second kappa shape index (κ2) is 5.00. The van der Waals surface area contributed by atoms with Crippen LogP contribution in [0.25, 0.3) is 0 Å². The van der Waals surface area contributed by atoms with Crippen molar-refractivity contribution in [1.82, 2.24) is 9.62 Å². The minimum atomic E-state index is -3.97. The van der Waals surface area contributed by atoms with Crippen LogP contribution in [0.2, 0.25) is 0 Å². The molecule has 21 heavy (non-hydrogen) atoms. The Hall–Kier alpha value is -1.58. The van der Waals surface area contributed by atoms with E-state index < -0.39 is 31.3 Å². The molecule has 0 radical (unpaired) electrons. The van der Waals surface area contributed by atoms with Crippen molar-refractivity contribution in [2.75, 3.05) is 19.6 Å². The van der Waals surface area contributed by atoms with Crippen LogP contribution in [0.3, 0.4) is 0 Å². The summed E-state index contributed by atoms with van der Waals surface area (Å²) in [6.45, 7) is 1.67. The van der Waals surface area contributed by atoms with Crippen LogP contribution >= 0.6 is 0 Å². The maximum atomic E-state index is 14.0. The first-order valence-corrected chi connectivity index (χ1v) is 8.02. The molecule has 0 unspecified atom stereocenters. The van der Waals surface area contributed by atoms with Crippen LogP contribution in [0.4, 0.5) is 10.1 Å². The van der Waals surface area contributed by atoms with Gasteiger partial charge in [0.25, 0.3) is 5.69 Å². The Morgan fingerprint density at radius 2 is 2.14 bits per heavy atom. The van der Waals surface area contributed by atoms with E-state index >= 15 is 0 Å². The first-order valence-electron chi connectivity index (χ1n) is 6.58. The van der Waals surface area contributed by atoms with Gasteiger partial charge in [-0.25, -0.2) is 12.8 Å². The third-order valence-corrected chi connectivity index (χ3v) is 6.06. The van der Waals surface area contributed by atoms with Crippen molar-refractivity contribution in [2.45, 2.75) is 17.4 Å². The molecule has 0 saturated carbocycles. The molecule has 9 heteroatoms. The van der Waals surface area contributed by atoms with Gasteiger partial charge in [-0.05, 0) is 24.9 Å². The Kier molecular flexibility index (Phi) is 3.42. The molecule has 1 aromatic rings. The molecular formula is C12H14FN3O4S. The maximum absolute atomic E-state index is 14.0. The molecule has 0 amide bonds. The van der Waals surface area contributed by atoms with Gasteiger partial charge >= 0.3 is 0 Å². The van der Waals surface area contributed by atoms with Crippen molar-refractivity contribution in [2.24, 2.45) is 5.92 Å². The van der Waals surface area contributed by atoms with Crippen LogP contribution in [0.5, 0.6) is 0 Å². The number of nitrogens with one attached hydrogen (secondary N) is 1. The van der Waals surface area contributed by atoms with Gasteiger partial charge in [-0.1, -0.05) is 0 Å². The van der Waals surface area contributed by atoms with Gasteiger partial charge < -0.3 is 5.32 Å². The smallest absolute Gasteiger partial charge is 0.272 e. The Balaban J connectivity index is 1.97. The fourth-order valence-electron chi connectivity index (χ4n) is 3.05. The number of non-ortho nitro benzene ring substituents is 1. The van der Waals surface area contributed by atoms with Crippen LogP contribution < -0.4 is 5.32 Å². The molecule has 0 aromatic heterocycles. The summed E-state index contributed by atoms with van der Waals surface area (Å²) in [5.41, 5.74) is -0.465. The summed E-state index contributed by atoms with van der Waals surface area (Å²) in [7, 11) is -3.97. The lowest BCUT2D eigenvalue weighted by Crippen LogP contribution is -2.39. The van der Waals surface area contributed by atoms with Crippen LogP contribution in [-0.4, -0.2) is 43.3 Å². The van der Waals surface area contributed by atoms with Crippen molar-refractivity contribution in [3.05, 3.63) is 34.1 Å². The van der Waals surface area contributed by atoms with Gasteiger partial charge in [-0.15, -0.1) is 0 Å². The number of sulfonamides is 1. The average molecular weight is 315 g/mol. The average Bonchev–Trinajstić information content (AvgIpc) is 2.99. The Bertz CT molecular complexity index is 694. The molecule has 2 heterocycles. The third kappa shape index (κ3) is 2.30. The van der Waals surface area contributed by atoms with E-state index in [-0.39, 0.29) is 12.0 Å². The van der Waals surface area contributed by atoms with E-state index in [1.54, 1.807) is 0 Å². The van der Waals surface area contributed by atoms with Crippen molar-refractivity contribution in [3.63, 3.8) is 0 Å². The Labute approximate surface area is 120 Å². The van der Waals surface area contributed by atoms with Gasteiger partial charge in [-0.3, -0.25) is 10.1 Å². The van der Waals surface area contributed by atoms with Crippen LogP contribution in [0, 0.1) is 21.8 Å². The molecule has 0 aliphatic carbocycles. The molecule has 3 rings (SSSR count). The number of fused-ring (bicyclic) bond motifs is 1. The first kappa shape index (κ1) is 14.4. The summed E-state index contributed by atoms with van der Waals surface area (Å²) in [6, 6.07) is 2.46. The highest BCUT2D eigenvalue weighted by molar-refractivity contribution is 7.89. The Morgan fingerprint density at radius 1 is 1.38 bits per heavy atom. The number of hydrogen-bond acceptors (Lipinski definition) is 5. The van der Waals surface area contributed by atoms with Gasteiger partial charge in [0.2, 0.25) is 10.0 Å². The molecule has 2 aliphatic rings. The molecule has 2 aliphatic heterocycles. The third-order valence-electron chi connectivity index (χ3n) is 4.11. The second-order valence-electron chi connectivity index (χ2n) is 5.26. The summed E-state index contributed by atoms with van der Waals surface area (Å²) >= 11 is 0. The zero-order valence-electron chi connectivity index (χ0n) is 11.0. The summed E-state index contributed by atoms with van der Waals surface area (Å²) < 4.78 is 40.4. The zero-order chi connectivity index (χ0) is 15.2. The molecule has 2 atom stereocenters. The van der Waals surface area contributed by atoms with Crippen molar-refractivity contribution >= 4 is 15.7 Å². The number of nitrogens with zero attached hydrogens (tertiary/aromatic N) is 2. The molecule has 1 N–H and O–H groups in total. The van der Waals surface area contributed by atoms with Gasteiger partial charge in [0.05, 0.1) is 11.0 Å². The maximum Gasteiger partial charge on any atom is 0.272 e. The fraction of sp³-hybridized carbons (Fsp3) is 0.500. The van der Waals surface area contributed by atoms with Crippen LogP contribution in [-0.2, 0) is 10.0 Å². The molecule has 1 aromatic carbocycles. The summed E-state index contributed by atoms with van der Waals surface area (Å²) in [5, 5.41) is 13.7. The second-order valence-corrected chi connectivity index (χ2v) is 7.12. The van der Waals surface area contributed by atoms with Crippen molar-refractivity contribution in [3.8, 4) is 0 Å². The number of nitro benzene ring substituents is 1. The zero-order valence-corrected chi connectivity index (χ0v) is 11.8. The highest BCUT2D eigenvalue weighted by atomic mass is 32.2. The topological polar surface area (TPSA) is 92.5 Å². The number of benzene rings is 1. The minimum Gasteiger partial charge on any atom is -0.315 e. The quantitative estimate of drug-likeness (QED) is 0.655. The summed E-state index contributed by atoms with van der Waals surface area (Å²) in [6.07, 6.45) is 0.742. The number of halogens is 1. The first-order chi connectivity index (χ1) is 9.91. The van der Waals surface area contributed by atoms with E-state index in [0.717, 1.165) is 25.1 Å². The monoisotopic (exact) mass is 315 g/mol. The summed E-state index contributed by atoms with van der Waals surface area (Å²) in [4.78, 5) is 9.33. The van der Waals surface area contributed by atoms with E-state index in [2.05, 4.69) is 5.32 Å². The molecular weight excluding hydrogens is 301 g/mol. The van der Waals surface area contributed by atoms with E-state index in [4.69, 9.17) is 0 Å². The highest BCUT2D eigenvalue weighted by Crippen LogP contribution is 2.33. The van der Waals surface area contributed by atoms with E-state index in [1.807, 2.05) is 0 Å². The predicted molar refractivity (Wildman–Crippen MR) is 71.7 cm³/mol. The molecule has 114 valence electrons. The molecule has 0 bridgehead atoms. The largest absolute Gasteiger partial charge is 0.315 e. The number of nitro groups is 1. The molecule has 2 saturated heterocycles. The standard InChI is InChI=1S/C12H14FN3O4S/c13-10-5-9(16(17)18)1-2-12(10)21(19,20)15-4-3-8-6-14-7-11(8)15/h1-2,5,8,11,14H,3-4,6-7H2/t8-,11+/m0/s1. The lowest BCUT2D eigenvalue weighted by atomic mass is 10.1. The van der Waals surface area contributed by atoms with Crippen molar-refractivity contribution in [1.29, 1.82) is 0 Å². The molecule has 2 fully saturated rings. The molecule has 7 nitrogen and oxygen atoms in total. The lowest BCUT2D eigenvalue weighted by Gasteiger charge is -2.22. The lowest BCUT2D eigenvalue weighted by molar-refractivity contribution is -0.385. The SMILES string of the molecule is O=[N+]([O-])c1ccc(S(=O)(=O)N2CC[C@H]3CNC[C@H]32)c(F)c1. The Morgan fingerprint density at radius 3 is 2.81 bits per heavy atom. The normalized spacial score (nSPS) is 26.0.